The molecule has 6 heteroatoms. The van der Waals surface area contributed by atoms with E-state index in [1.807, 2.05) is 30.3 Å². The number of esters is 1. The van der Waals surface area contributed by atoms with Crippen molar-refractivity contribution >= 4 is 22.8 Å². The van der Waals surface area contributed by atoms with Gasteiger partial charge in [0.25, 0.3) is 0 Å². The van der Waals surface area contributed by atoms with Crippen LogP contribution in [-0.4, -0.2) is 30.0 Å². The molecule has 0 radical (unpaired) electrons. The molecule has 5 nitrogen and oxygen atoms in total. The summed E-state index contributed by atoms with van der Waals surface area (Å²) in [6.45, 7) is 2.55. The molecule has 0 atom stereocenters. The monoisotopic (exact) mass is 396 g/mol. The van der Waals surface area contributed by atoms with Crippen LogP contribution in [-0.2, 0) is 20.7 Å². The lowest BCUT2D eigenvalue weighted by Crippen LogP contribution is -2.25. The lowest BCUT2D eigenvalue weighted by Gasteiger charge is -2.07. The predicted molar refractivity (Wildman–Crippen MR) is 111 cm³/mol. The molecule has 152 valence electrons. The summed E-state index contributed by atoms with van der Waals surface area (Å²) >= 11 is 0. The van der Waals surface area contributed by atoms with E-state index in [1.165, 1.54) is 12.1 Å². The molecule has 1 aromatic heterocycles. The Bertz CT molecular complexity index is 982. The van der Waals surface area contributed by atoms with Crippen LogP contribution in [0.2, 0.25) is 0 Å². The zero-order valence-corrected chi connectivity index (χ0v) is 16.5. The minimum Gasteiger partial charge on any atom is -0.466 e. The lowest BCUT2D eigenvalue weighted by molar-refractivity contribution is -0.143. The maximum Gasteiger partial charge on any atom is 0.305 e. The van der Waals surface area contributed by atoms with E-state index < -0.39 is 0 Å². The fourth-order valence-corrected chi connectivity index (χ4v) is 3.35. The molecule has 0 aliphatic carbocycles. The van der Waals surface area contributed by atoms with Gasteiger partial charge in [0.1, 0.15) is 5.82 Å². The van der Waals surface area contributed by atoms with Gasteiger partial charge in [-0.15, -0.1) is 0 Å². The SMILES string of the molecule is CCOC(=O)CCCNC(=O)CCc1c(-c2ccccc2)[nH]c2ccc(F)cc12. The number of benzene rings is 2. The molecule has 0 bridgehead atoms. The van der Waals surface area contributed by atoms with Crippen LogP contribution in [0.4, 0.5) is 4.39 Å². The van der Waals surface area contributed by atoms with Gasteiger partial charge in [-0.25, -0.2) is 4.39 Å². The second-order valence-electron chi connectivity index (χ2n) is 6.79. The van der Waals surface area contributed by atoms with E-state index in [2.05, 4.69) is 10.3 Å². The number of hydrogen-bond acceptors (Lipinski definition) is 3. The van der Waals surface area contributed by atoms with E-state index >= 15 is 0 Å². The van der Waals surface area contributed by atoms with Gasteiger partial charge in [0, 0.05) is 36.0 Å². The number of amides is 1. The summed E-state index contributed by atoms with van der Waals surface area (Å²) < 4.78 is 18.7. The molecule has 0 unspecified atom stereocenters. The third-order valence-electron chi connectivity index (χ3n) is 4.72. The van der Waals surface area contributed by atoms with Gasteiger partial charge >= 0.3 is 5.97 Å². The molecular weight excluding hydrogens is 371 g/mol. The van der Waals surface area contributed by atoms with Crippen molar-refractivity contribution in [3.63, 3.8) is 0 Å². The molecule has 2 aromatic carbocycles. The summed E-state index contributed by atoms with van der Waals surface area (Å²) in [5.41, 5.74) is 3.66. The van der Waals surface area contributed by atoms with E-state index in [4.69, 9.17) is 4.74 Å². The second kappa shape index (κ2) is 9.87. The molecule has 2 N–H and O–H groups in total. The molecule has 1 heterocycles. The van der Waals surface area contributed by atoms with Crippen molar-refractivity contribution in [2.24, 2.45) is 0 Å². The lowest BCUT2D eigenvalue weighted by atomic mass is 10.0. The largest absolute Gasteiger partial charge is 0.466 e. The van der Waals surface area contributed by atoms with Crippen molar-refractivity contribution in [1.29, 1.82) is 0 Å². The molecule has 0 spiro atoms. The normalized spacial score (nSPS) is 10.8. The van der Waals surface area contributed by atoms with Crippen LogP contribution in [0.3, 0.4) is 0 Å². The van der Waals surface area contributed by atoms with Gasteiger partial charge in [-0.3, -0.25) is 9.59 Å². The number of nitrogens with one attached hydrogen (secondary N) is 2. The fourth-order valence-electron chi connectivity index (χ4n) is 3.35. The average Bonchev–Trinajstić information content (AvgIpc) is 3.08. The van der Waals surface area contributed by atoms with Crippen LogP contribution in [0.25, 0.3) is 22.2 Å². The highest BCUT2D eigenvalue weighted by molar-refractivity contribution is 5.91. The highest BCUT2D eigenvalue weighted by Crippen LogP contribution is 2.31. The van der Waals surface area contributed by atoms with E-state index in [-0.39, 0.29) is 30.5 Å². The molecule has 0 aliphatic rings. The van der Waals surface area contributed by atoms with Gasteiger partial charge in [-0.1, -0.05) is 30.3 Å². The molecular formula is C23H25FN2O3. The van der Waals surface area contributed by atoms with Crippen LogP contribution in [0, 0.1) is 5.82 Å². The molecule has 1 amide bonds. The fraction of sp³-hybridized carbons (Fsp3) is 0.304. The van der Waals surface area contributed by atoms with E-state index in [0.717, 1.165) is 27.7 Å². The number of hydrogen-bond donors (Lipinski definition) is 2. The van der Waals surface area contributed by atoms with Crippen molar-refractivity contribution in [3.8, 4) is 11.3 Å². The average molecular weight is 396 g/mol. The Morgan fingerprint density at radius 3 is 2.66 bits per heavy atom. The van der Waals surface area contributed by atoms with Crippen LogP contribution >= 0.6 is 0 Å². The van der Waals surface area contributed by atoms with Crippen LogP contribution in [0.5, 0.6) is 0 Å². The Balaban J connectivity index is 1.67. The number of aromatic nitrogens is 1. The highest BCUT2D eigenvalue weighted by Gasteiger charge is 2.15. The van der Waals surface area contributed by atoms with Gasteiger partial charge in [0.05, 0.1) is 6.61 Å². The molecule has 3 aromatic rings. The summed E-state index contributed by atoms with van der Waals surface area (Å²) in [7, 11) is 0. The quantitative estimate of drug-likeness (QED) is 0.417. The summed E-state index contributed by atoms with van der Waals surface area (Å²) in [4.78, 5) is 26.9. The van der Waals surface area contributed by atoms with Gasteiger partial charge in [-0.05, 0) is 49.1 Å². The number of rotatable bonds is 9. The Morgan fingerprint density at radius 1 is 1.10 bits per heavy atom. The first-order valence-electron chi connectivity index (χ1n) is 9.86. The zero-order valence-electron chi connectivity index (χ0n) is 16.5. The summed E-state index contributed by atoms with van der Waals surface area (Å²) in [5.74, 6) is -0.658. The molecule has 3 rings (SSSR count). The van der Waals surface area contributed by atoms with Gasteiger partial charge in [-0.2, -0.15) is 0 Å². The van der Waals surface area contributed by atoms with E-state index in [0.29, 0.717) is 26.0 Å². The topological polar surface area (TPSA) is 71.2 Å². The van der Waals surface area contributed by atoms with E-state index in [1.54, 1.807) is 13.0 Å². The molecule has 0 fully saturated rings. The molecule has 0 saturated carbocycles. The van der Waals surface area contributed by atoms with Crippen molar-refractivity contribution in [2.75, 3.05) is 13.2 Å². The third kappa shape index (κ3) is 5.44. The summed E-state index contributed by atoms with van der Waals surface area (Å²) in [6, 6.07) is 14.5. The van der Waals surface area contributed by atoms with Gasteiger partial charge in [0.15, 0.2) is 0 Å². The third-order valence-corrected chi connectivity index (χ3v) is 4.72. The van der Waals surface area contributed by atoms with Crippen LogP contribution in [0.1, 0.15) is 31.7 Å². The number of H-pyrrole nitrogens is 1. The van der Waals surface area contributed by atoms with Crippen molar-refractivity contribution in [3.05, 3.63) is 59.9 Å². The number of aryl methyl sites for hydroxylation is 1. The van der Waals surface area contributed by atoms with Crippen molar-refractivity contribution in [1.82, 2.24) is 10.3 Å². The molecule has 0 saturated heterocycles. The zero-order chi connectivity index (χ0) is 20.6. The number of carbonyl (C=O) groups excluding carboxylic acids is 2. The molecule has 0 aliphatic heterocycles. The first-order valence-corrected chi connectivity index (χ1v) is 9.86. The minimum atomic E-state index is -0.305. The number of fused-ring (bicyclic) bond motifs is 1. The standard InChI is InChI=1S/C23H25FN2O3/c1-2-29-22(28)9-6-14-25-21(27)13-11-18-19-15-17(24)10-12-20(19)26-23(18)16-7-4-3-5-8-16/h3-5,7-8,10,12,15,26H,2,6,9,11,13-14H2,1H3,(H,25,27). The first-order chi connectivity index (χ1) is 14.1. The Labute approximate surface area is 169 Å². The van der Waals surface area contributed by atoms with Crippen LogP contribution < -0.4 is 5.32 Å². The Hall–Kier alpha value is -3.15. The number of aromatic amines is 1. The molecule has 29 heavy (non-hydrogen) atoms. The summed E-state index contributed by atoms with van der Waals surface area (Å²) in [6.07, 6.45) is 1.59. The maximum atomic E-state index is 13.8. The highest BCUT2D eigenvalue weighted by atomic mass is 19.1. The van der Waals surface area contributed by atoms with Gasteiger partial charge < -0.3 is 15.0 Å². The minimum absolute atomic E-state index is 0.0985. The number of carbonyl (C=O) groups is 2. The first kappa shape index (κ1) is 20.6. The van der Waals surface area contributed by atoms with E-state index in [9.17, 15) is 14.0 Å². The number of ether oxygens (including phenoxy) is 1. The predicted octanol–water partition coefficient (Wildman–Crippen LogP) is 4.37. The Kier molecular flexibility index (Phi) is 7.00. The van der Waals surface area contributed by atoms with Gasteiger partial charge in [0.2, 0.25) is 5.91 Å². The van der Waals surface area contributed by atoms with Crippen LogP contribution in [0.15, 0.2) is 48.5 Å². The number of halogens is 1. The second-order valence-corrected chi connectivity index (χ2v) is 6.79. The van der Waals surface area contributed by atoms with Crippen molar-refractivity contribution < 1.29 is 18.7 Å². The summed E-state index contributed by atoms with van der Waals surface area (Å²) in [5, 5.41) is 3.62. The smallest absolute Gasteiger partial charge is 0.305 e. The Morgan fingerprint density at radius 2 is 1.90 bits per heavy atom. The van der Waals surface area contributed by atoms with Crippen molar-refractivity contribution in [2.45, 2.75) is 32.6 Å². The maximum absolute atomic E-state index is 13.8.